The van der Waals surface area contributed by atoms with Gasteiger partial charge in [0.05, 0.1) is 45.1 Å². The quantitative estimate of drug-likeness (QED) is 0.00917. The van der Waals surface area contributed by atoms with Crippen LogP contribution in [0.15, 0.2) is 29.7 Å². The number of esters is 2. The van der Waals surface area contributed by atoms with Crippen LogP contribution in [0.2, 0.25) is 0 Å². The highest BCUT2D eigenvalue weighted by molar-refractivity contribution is 7.91. The van der Waals surface area contributed by atoms with Crippen molar-refractivity contribution in [1.82, 2.24) is 31.9 Å². The third-order valence-electron chi connectivity index (χ3n) is 15.7. The van der Waals surface area contributed by atoms with Crippen LogP contribution in [-0.4, -0.2) is 159 Å². The van der Waals surface area contributed by atoms with Crippen molar-refractivity contribution in [2.75, 3.05) is 72.5 Å². The first kappa shape index (κ1) is 77.5. The maximum atomic E-state index is 13.4. The van der Waals surface area contributed by atoms with Crippen LogP contribution in [0.4, 0.5) is 41.9 Å². The van der Waals surface area contributed by atoms with Gasteiger partial charge in [0.25, 0.3) is 0 Å². The average Bonchev–Trinajstić information content (AvgIpc) is 0.856. The van der Waals surface area contributed by atoms with Crippen molar-refractivity contribution in [3.63, 3.8) is 0 Å². The number of nitrogens with zero attached hydrogens (tertiary/aromatic N) is 1. The molecule has 0 heterocycles. The first-order chi connectivity index (χ1) is 41.6. The molecule has 3 saturated carbocycles. The van der Waals surface area contributed by atoms with E-state index in [4.69, 9.17) is 37.9 Å². The molecule has 3 fully saturated rings. The molecule has 0 bridgehead atoms. The van der Waals surface area contributed by atoms with Gasteiger partial charge in [0, 0.05) is 49.9 Å². The molecule has 6 N–H and O–H groups in total. The zero-order valence-electron chi connectivity index (χ0n) is 53.9. The number of hydrogen-bond acceptors (Lipinski definition) is 19. The summed E-state index contributed by atoms with van der Waals surface area (Å²) >= 11 is 0. The Hall–Kier alpha value is -6.75. The van der Waals surface area contributed by atoms with Crippen molar-refractivity contribution in [2.45, 2.75) is 189 Å². The van der Waals surface area contributed by atoms with E-state index in [1.165, 1.54) is 0 Å². The van der Waals surface area contributed by atoms with E-state index in [-0.39, 0.29) is 75.0 Å². The van der Waals surface area contributed by atoms with Gasteiger partial charge in [0.2, 0.25) is 0 Å². The summed E-state index contributed by atoms with van der Waals surface area (Å²) < 4.78 is 109. The van der Waals surface area contributed by atoms with E-state index >= 15 is 0 Å². The number of unbranched alkanes of at least 4 members (excludes halogenated alkanes) is 3. The highest BCUT2D eigenvalue weighted by Gasteiger charge is 2.48. The minimum atomic E-state index is -6.39. The maximum absolute atomic E-state index is 13.4. The fourth-order valence-corrected chi connectivity index (χ4v) is 13.4. The SMILES string of the molecule is C=CC(=O)OCCCCOC(=O)NCC1(C)CC(NC(=O)OCC(C)(COC(=O)NCC2(C)CC(NC(=O)OCCCCOC(=O)NCC3(C)CC(NC(=O)OCCCCOC(=O)C=C)CC(C)(C)C3)CC(C)(C)C2)/C([O-])=N/S(=O)(=O)C(F)(F)F)CC(C)(C)C1. The molecule has 26 nitrogen and oxygen atoms in total. The van der Waals surface area contributed by atoms with Gasteiger partial charge >= 0.3 is 64.0 Å². The zero-order chi connectivity index (χ0) is 67.8. The fraction of sp³-hybridized carbons (Fsp3) is 0.783. The normalized spacial score (nSPS) is 24.3. The first-order valence-corrected chi connectivity index (χ1v) is 31.8. The third-order valence-corrected chi connectivity index (χ3v) is 16.7. The van der Waals surface area contributed by atoms with Crippen molar-refractivity contribution in [3.05, 3.63) is 25.3 Å². The molecule has 0 spiro atoms. The molecule has 0 aromatic rings. The van der Waals surface area contributed by atoms with E-state index < -0.39 is 117 Å². The van der Waals surface area contributed by atoms with Gasteiger partial charge in [-0.2, -0.15) is 26.0 Å². The summed E-state index contributed by atoms with van der Waals surface area (Å²) in [6.07, 6.45) is 4.82. The number of carbonyl (C=O) groups is 8. The molecule has 6 amide bonds. The monoisotopic (exact) mass is 1310 g/mol. The van der Waals surface area contributed by atoms with Crippen LogP contribution in [0.3, 0.4) is 0 Å². The standard InChI is InChI=1S/C60H98F3N7O19S/c1-13-44(71)82-21-15-17-23-84-47(74)65-37-57(10)32-43(29-55(7,8)34-57)69-52(79)89-40-59(12,46(73)70-90(80,81)60(61,62)63)39-88-49(76)66-38-58(11)31-42(28-54(5,6)35-58)68-51(78)87-26-20-19-24-85-48(75)64-36-56(9)30-41(27-53(3,4)33-56)67-50(77)86-25-18-16-22-83-45(72)14-2/h13-14,41-43H,1-2,15-40H2,3-12H3,(H,64,75)(H,65,74)(H,66,76)(H,67,77)(H,68,78)(H,69,79)(H,70,73)/p-1. The second kappa shape index (κ2) is 34.1. The molecule has 3 rings (SSSR count). The second-order valence-electron chi connectivity index (χ2n) is 27.7. The molecule has 0 aromatic carbocycles. The molecule has 3 aliphatic rings. The van der Waals surface area contributed by atoms with Gasteiger partial charge in [0.1, 0.15) is 13.2 Å². The number of carbonyl (C=O) groups excluding carboxylic acids is 8. The molecule has 7 atom stereocenters. The highest BCUT2D eigenvalue weighted by atomic mass is 32.2. The number of alkyl halides is 3. The summed E-state index contributed by atoms with van der Waals surface area (Å²) in [6, 6.07) is -1.21. The maximum Gasteiger partial charge on any atom is 0.518 e. The van der Waals surface area contributed by atoms with Crippen molar-refractivity contribution < 1.29 is 103 Å². The molecule has 3 aliphatic carbocycles. The fourth-order valence-electron chi connectivity index (χ4n) is 12.9. The second-order valence-corrected chi connectivity index (χ2v) is 29.3. The van der Waals surface area contributed by atoms with E-state index in [9.17, 15) is 65.1 Å². The van der Waals surface area contributed by atoms with Gasteiger partial charge in [-0.1, -0.05) is 75.5 Å². The smallest absolute Gasteiger partial charge is 0.518 e. The van der Waals surface area contributed by atoms with Crippen LogP contribution in [0.1, 0.15) is 166 Å². The zero-order valence-corrected chi connectivity index (χ0v) is 54.7. The average molecular weight is 1310 g/mol. The molecule has 30 heteroatoms. The summed E-state index contributed by atoms with van der Waals surface area (Å²) in [5, 5.41) is 30.0. The number of halogens is 3. The Morgan fingerprint density at radius 1 is 0.478 bits per heavy atom. The van der Waals surface area contributed by atoms with Crippen molar-refractivity contribution in [2.24, 2.45) is 42.3 Å². The van der Waals surface area contributed by atoms with E-state index in [0.29, 0.717) is 96.4 Å². The molecule has 90 heavy (non-hydrogen) atoms. The van der Waals surface area contributed by atoms with Crippen LogP contribution < -0.4 is 37.0 Å². The lowest BCUT2D eigenvalue weighted by Crippen LogP contribution is -2.52. The summed E-state index contributed by atoms with van der Waals surface area (Å²) in [5.74, 6) is -2.99. The Kier molecular flexibility index (Phi) is 29.3. The number of amides is 6. The Morgan fingerprint density at radius 2 is 0.744 bits per heavy atom. The summed E-state index contributed by atoms with van der Waals surface area (Å²) in [6.45, 7) is 24.2. The van der Waals surface area contributed by atoms with Crippen LogP contribution in [0.5, 0.6) is 0 Å². The van der Waals surface area contributed by atoms with Crippen LogP contribution >= 0.6 is 0 Å². The summed E-state index contributed by atoms with van der Waals surface area (Å²) in [4.78, 5) is 99.8. The summed E-state index contributed by atoms with van der Waals surface area (Å²) in [7, 11) is -6.39. The number of nitrogens with one attached hydrogen (secondary N) is 6. The van der Waals surface area contributed by atoms with Gasteiger partial charge in [0.15, 0.2) is 0 Å². The van der Waals surface area contributed by atoms with Gasteiger partial charge in [-0.05, 0) is 142 Å². The molecule has 0 saturated heterocycles. The lowest BCUT2D eigenvalue weighted by Gasteiger charge is -2.46. The molecule has 0 radical (unpaired) electrons. The largest absolute Gasteiger partial charge is 0.861 e. The summed E-state index contributed by atoms with van der Waals surface area (Å²) in [5.41, 5.74) is -11.0. The van der Waals surface area contributed by atoms with E-state index in [1.54, 1.807) is 0 Å². The molecular formula is C60H97F3N7O19S-. The predicted octanol–water partition coefficient (Wildman–Crippen LogP) is 8.51. The minimum Gasteiger partial charge on any atom is -0.861 e. The minimum absolute atomic E-state index is 0.0136. The van der Waals surface area contributed by atoms with Crippen LogP contribution in [0.25, 0.3) is 0 Å². The lowest BCUT2D eigenvalue weighted by molar-refractivity contribution is -0.233. The first-order valence-electron chi connectivity index (χ1n) is 30.3. The lowest BCUT2D eigenvalue weighted by atomic mass is 9.62. The van der Waals surface area contributed by atoms with Crippen molar-refractivity contribution in [3.8, 4) is 0 Å². The molecule has 7 unspecified atom stereocenters. The molecule has 0 aromatic heterocycles. The highest BCUT2D eigenvalue weighted by Crippen LogP contribution is 2.48. The van der Waals surface area contributed by atoms with Crippen LogP contribution in [0, 0.1) is 37.9 Å². The topological polar surface area (TPSA) is 352 Å². The molecular weight excluding hydrogens is 1210 g/mol. The molecule has 514 valence electrons. The Bertz CT molecular complexity index is 2630. The van der Waals surface area contributed by atoms with Gasteiger partial charge in [-0.15, -0.1) is 0 Å². The van der Waals surface area contributed by atoms with Crippen LogP contribution in [-0.2, 0) is 57.5 Å². The number of rotatable bonds is 32. The molecule has 0 aliphatic heterocycles. The van der Waals surface area contributed by atoms with E-state index in [0.717, 1.165) is 25.5 Å². The Labute approximate surface area is 526 Å². The van der Waals surface area contributed by atoms with Gasteiger partial charge in [-0.3, -0.25) is 0 Å². The number of alkyl carbamates (subject to hydrolysis) is 6. The number of hydrogen-bond donors (Lipinski definition) is 6. The van der Waals surface area contributed by atoms with Crippen molar-refractivity contribution >= 4 is 64.4 Å². The van der Waals surface area contributed by atoms with E-state index in [2.05, 4.69) is 63.3 Å². The Balaban J connectivity index is 1.48. The van der Waals surface area contributed by atoms with Gasteiger partial charge in [-0.25, -0.2) is 38.4 Å². The van der Waals surface area contributed by atoms with Crippen molar-refractivity contribution in [1.29, 1.82) is 0 Å². The third kappa shape index (κ3) is 29.0. The Morgan fingerprint density at radius 3 is 1.04 bits per heavy atom. The van der Waals surface area contributed by atoms with E-state index in [1.807, 2.05) is 48.5 Å². The predicted molar refractivity (Wildman–Crippen MR) is 321 cm³/mol. The van der Waals surface area contributed by atoms with Gasteiger partial charge < -0.3 is 74.9 Å². The number of ether oxygens (including phenoxy) is 8. The number of sulfonamides is 1.